The van der Waals surface area contributed by atoms with Gasteiger partial charge >= 0.3 is 12.0 Å². The number of ether oxygens (including phenoxy) is 1. The van der Waals surface area contributed by atoms with E-state index in [1.807, 2.05) is 0 Å². The second kappa shape index (κ2) is 8.17. The zero-order chi connectivity index (χ0) is 21.3. The van der Waals surface area contributed by atoms with E-state index in [1.165, 1.54) is 12.3 Å². The normalized spacial score (nSPS) is 18.6. The lowest BCUT2D eigenvalue weighted by Crippen LogP contribution is -2.49. The number of furan rings is 1. The molecule has 2 aliphatic rings. The van der Waals surface area contributed by atoms with Crippen LogP contribution in [0.5, 0.6) is 0 Å². The van der Waals surface area contributed by atoms with Crippen molar-refractivity contribution in [1.29, 1.82) is 0 Å². The van der Waals surface area contributed by atoms with E-state index in [9.17, 15) is 18.4 Å². The number of esters is 1. The Kier molecular flexibility index (Phi) is 5.43. The quantitative estimate of drug-likeness (QED) is 0.730. The number of anilines is 1. The van der Waals surface area contributed by atoms with Gasteiger partial charge in [0.15, 0.2) is 0 Å². The van der Waals surface area contributed by atoms with Gasteiger partial charge in [-0.25, -0.2) is 18.4 Å². The Morgan fingerprint density at radius 3 is 2.93 bits per heavy atom. The number of amides is 2. The van der Waals surface area contributed by atoms with Gasteiger partial charge in [-0.2, -0.15) is 0 Å². The van der Waals surface area contributed by atoms with Crippen molar-refractivity contribution in [2.75, 3.05) is 24.6 Å². The van der Waals surface area contributed by atoms with Gasteiger partial charge in [-0.15, -0.1) is 0 Å². The van der Waals surface area contributed by atoms with Crippen molar-refractivity contribution in [2.45, 2.75) is 25.8 Å². The molecule has 1 unspecified atom stereocenters. The van der Waals surface area contributed by atoms with Crippen molar-refractivity contribution in [3.8, 4) is 0 Å². The molecule has 2 N–H and O–H groups in total. The number of urea groups is 1. The summed E-state index contributed by atoms with van der Waals surface area (Å²) in [5.74, 6) is -1.55. The Bertz CT molecular complexity index is 1000. The molecule has 1 aromatic heterocycles. The highest BCUT2D eigenvalue weighted by molar-refractivity contribution is 5.95. The maximum atomic E-state index is 14.6. The molecule has 2 aliphatic heterocycles. The predicted molar refractivity (Wildman–Crippen MR) is 104 cm³/mol. The summed E-state index contributed by atoms with van der Waals surface area (Å²) in [7, 11) is 0. The molecule has 0 bridgehead atoms. The number of halogens is 2. The third-order valence-electron chi connectivity index (χ3n) is 5.12. The summed E-state index contributed by atoms with van der Waals surface area (Å²) in [5, 5.41) is 5.32. The van der Waals surface area contributed by atoms with Crippen LogP contribution in [0.15, 0.2) is 46.2 Å². The molecule has 9 heteroatoms. The highest BCUT2D eigenvalue weighted by Crippen LogP contribution is 2.33. The molecule has 0 saturated carbocycles. The SMILES string of the molecule is CCOC(=O)C1=C(CN2CCCc3cc(F)cc(F)c32)NC(=O)NC1c1ccco1. The van der Waals surface area contributed by atoms with E-state index in [-0.39, 0.29) is 30.1 Å². The first kappa shape index (κ1) is 19.9. The van der Waals surface area contributed by atoms with E-state index in [0.29, 0.717) is 30.7 Å². The monoisotopic (exact) mass is 417 g/mol. The minimum atomic E-state index is -0.842. The van der Waals surface area contributed by atoms with Gasteiger partial charge in [0.05, 0.1) is 36.4 Å². The van der Waals surface area contributed by atoms with Crippen LogP contribution in [0.25, 0.3) is 0 Å². The average molecular weight is 417 g/mol. The molecule has 0 radical (unpaired) electrons. The van der Waals surface area contributed by atoms with E-state index in [2.05, 4.69) is 10.6 Å². The van der Waals surface area contributed by atoms with Crippen LogP contribution in [-0.4, -0.2) is 31.7 Å². The van der Waals surface area contributed by atoms with E-state index >= 15 is 0 Å². The summed E-state index contributed by atoms with van der Waals surface area (Å²) >= 11 is 0. The Hall–Kier alpha value is -3.36. The van der Waals surface area contributed by atoms with E-state index in [1.54, 1.807) is 24.0 Å². The summed E-state index contributed by atoms with van der Waals surface area (Å²) in [6.45, 7) is 2.37. The van der Waals surface area contributed by atoms with Crippen molar-refractivity contribution in [1.82, 2.24) is 10.6 Å². The molecule has 0 saturated heterocycles. The van der Waals surface area contributed by atoms with Crippen molar-refractivity contribution in [2.24, 2.45) is 0 Å². The van der Waals surface area contributed by atoms with Gasteiger partial charge in [0.2, 0.25) is 0 Å². The van der Waals surface area contributed by atoms with E-state index in [4.69, 9.17) is 9.15 Å². The second-order valence-corrected chi connectivity index (χ2v) is 7.08. The number of benzene rings is 1. The minimum Gasteiger partial charge on any atom is -0.467 e. The molecule has 0 aliphatic carbocycles. The van der Waals surface area contributed by atoms with Gasteiger partial charge in [-0.1, -0.05) is 0 Å². The molecular weight excluding hydrogens is 396 g/mol. The molecule has 2 amide bonds. The maximum absolute atomic E-state index is 14.6. The van der Waals surface area contributed by atoms with Crippen molar-refractivity contribution < 1.29 is 27.5 Å². The van der Waals surface area contributed by atoms with Crippen LogP contribution in [0, 0.1) is 11.6 Å². The molecule has 3 heterocycles. The molecule has 0 spiro atoms. The average Bonchev–Trinajstić information content (AvgIpc) is 3.22. The highest BCUT2D eigenvalue weighted by atomic mass is 19.1. The number of carbonyl (C=O) groups is 2. The number of rotatable bonds is 5. The second-order valence-electron chi connectivity index (χ2n) is 7.08. The van der Waals surface area contributed by atoms with E-state index < -0.39 is 29.7 Å². The molecule has 158 valence electrons. The summed E-state index contributed by atoms with van der Waals surface area (Å²) in [5.41, 5.74) is 1.30. The van der Waals surface area contributed by atoms with Gasteiger partial charge in [0, 0.05) is 12.6 Å². The van der Waals surface area contributed by atoms with E-state index in [0.717, 1.165) is 6.07 Å². The Morgan fingerprint density at radius 1 is 1.37 bits per heavy atom. The van der Waals surface area contributed by atoms with Crippen LogP contribution in [-0.2, 0) is 16.0 Å². The van der Waals surface area contributed by atoms with Crippen LogP contribution in [0.1, 0.15) is 30.7 Å². The summed E-state index contributed by atoms with van der Waals surface area (Å²) < 4.78 is 38.8. The Labute approximate surface area is 171 Å². The smallest absolute Gasteiger partial charge is 0.338 e. The maximum Gasteiger partial charge on any atom is 0.338 e. The standard InChI is InChI=1S/C21H21F2N3O4/c1-2-29-20(27)17-15(24-21(28)25-18(17)16-6-4-8-30-16)11-26-7-3-5-12-9-13(22)10-14(23)19(12)26/h4,6,8-10,18H,2-3,5,7,11H2,1H3,(H2,24,25,28). The fourth-order valence-electron chi connectivity index (χ4n) is 3.95. The first-order chi connectivity index (χ1) is 14.5. The van der Waals surface area contributed by atoms with Gasteiger partial charge in [-0.3, -0.25) is 0 Å². The van der Waals surface area contributed by atoms with Crippen LogP contribution >= 0.6 is 0 Å². The van der Waals surface area contributed by atoms with Crippen LogP contribution in [0.4, 0.5) is 19.3 Å². The molecule has 1 atom stereocenters. The number of hydrogen-bond acceptors (Lipinski definition) is 5. The summed E-state index contributed by atoms with van der Waals surface area (Å²) in [6, 6.07) is 4.09. The number of nitrogens with one attached hydrogen (secondary N) is 2. The largest absolute Gasteiger partial charge is 0.467 e. The Balaban J connectivity index is 1.76. The zero-order valence-corrected chi connectivity index (χ0v) is 16.3. The van der Waals surface area contributed by atoms with Gasteiger partial charge < -0.3 is 24.7 Å². The topological polar surface area (TPSA) is 83.8 Å². The van der Waals surface area contributed by atoms with Gasteiger partial charge in [0.1, 0.15) is 23.4 Å². The third kappa shape index (κ3) is 3.74. The minimum absolute atomic E-state index is 0.0499. The first-order valence-corrected chi connectivity index (χ1v) is 9.72. The van der Waals surface area contributed by atoms with Crippen LogP contribution in [0.3, 0.4) is 0 Å². The van der Waals surface area contributed by atoms with Crippen molar-refractivity contribution in [3.63, 3.8) is 0 Å². The predicted octanol–water partition coefficient (Wildman–Crippen LogP) is 3.18. The lowest BCUT2D eigenvalue weighted by atomic mass is 9.97. The fraction of sp³-hybridized carbons (Fsp3) is 0.333. The highest BCUT2D eigenvalue weighted by Gasteiger charge is 2.36. The molecule has 2 aromatic rings. The number of fused-ring (bicyclic) bond motifs is 1. The lowest BCUT2D eigenvalue weighted by molar-refractivity contribution is -0.139. The number of carbonyl (C=O) groups excluding carboxylic acids is 2. The van der Waals surface area contributed by atoms with Crippen molar-refractivity contribution >= 4 is 17.7 Å². The first-order valence-electron chi connectivity index (χ1n) is 9.72. The molecule has 1 aromatic carbocycles. The van der Waals surface area contributed by atoms with Crippen LogP contribution < -0.4 is 15.5 Å². The zero-order valence-electron chi connectivity index (χ0n) is 16.3. The number of aryl methyl sites for hydroxylation is 1. The molecule has 0 fully saturated rings. The molecule has 4 rings (SSSR count). The van der Waals surface area contributed by atoms with Crippen molar-refractivity contribution in [3.05, 3.63) is 64.8 Å². The van der Waals surface area contributed by atoms with Gasteiger partial charge in [-0.05, 0) is 43.5 Å². The molecule has 7 nitrogen and oxygen atoms in total. The summed E-state index contributed by atoms with van der Waals surface area (Å²) in [6.07, 6.45) is 2.68. The molecule has 30 heavy (non-hydrogen) atoms. The summed E-state index contributed by atoms with van der Waals surface area (Å²) in [4.78, 5) is 26.8. The molecular formula is C21H21F2N3O4. The van der Waals surface area contributed by atoms with Gasteiger partial charge in [0.25, 0.3) is 0 Å². The fourth-order valence-corrected chi connectivity index (χ4v) is 3.95. The number of nitrogens with zero attached hydrogens (tertiary/aromatic N) is 1. The third-order valence-corrected chi connectivity index (χ3v) is 5.12. The van der Waals surface area contributed by atoms with Crippen LogP contribution in [0.2, 0.25) is 0 Å². The lowest BCUT2D eigenvalue weighted by Gasteiger charge is -2.35. The Morgan fingerprint density at radius 2 is 2.20 bits per heavy atom. The number of hydrogen-bond donors (Lipinski definition) is 2.